The molecule has 2 amide bonds. The van der Waals surface area contributed by atoms with E-state index in [0.717, 1.165) is 128 Å². The van der Waals surface area contributed by atoms with E-state index in [4.69, 9.17) is 23.2 Å². The van der Waals surface area contributed by atoms with E-state index in [9.17, 15) is 20.0 Å². The third-order valence-electron chi connectivity index (χ3n) is 13.6. The first kappa shape index (κ1) is 50.0. The zero-order valence-electron chi connectivity index (χ0n) is 38.6. The number of imidazole rings is 2. The topological polar surface area (TPSA) is 178 Å². The SMILES string of the molecule is O=C(NCCCn1ccnc1)C1CN(C2c3ccc(Cl)cc3CCc3cc(Br)c[n+]([O-])c32)CCN1.O=C(NCCCn1ccnc1)C1CN([C@@H]2c3ccc(Cl)cc3CCc3cc(Br)c[n+]([O-])c32)CCN1. The monoisotopic (exact) mass is 1120 g/mol. The zero-order valence-corrected chi connectivity index (χ0v) is 43.3. The Balaban J connectivity index is 0.000000174. The Morgan fingerprint density at radius 3 is 1.50 bits per heavy atom. The van der Waals surface area contributed by atoms with Crippen LogP contribution in [0, 0.1) is 10.4 Å². The molecule has 2 aromatic carbocycles. The maximum absolute atomic E-state index is 13.2. The largest absolute Gasteiger partial charge is 0.618 e. The summed E-state index contributed by atoms with van der Waals surface area (Å²) < 4.78 is 7.50. The number of aromatic nitrogens is 6. The van der Waals surface area contributed by atoms with Gasteiger partial charge in [-0.1, -0.05) is 35.3 Å². The maximum atomic E-state index is 13.2. The van der Waals surface area contributed by atoms with Gasteiger partial charge < -0.3 is 40.8 Å². The molecule has 10 rings (SSSR count). The van der Waals surface area contributed by atoms with E-state index in [1.807, 2.05) is 70.1 Å². The fourth-order valence-corrected chi connectivity index (χ4v) is 11.6. The highest BCUT2D eigenvalue weighted by Crippen LogP contribution is 2.39. The number of carbonyl (C=O) groups excluding carboxylic acids is 2. The van der Waals surface area contributed by atoms with Crippen LogP contribution in [0.15, 0.2) is 107 Å². The number of hydrogen-bond acceptors (Lipinski definition) is 10. The molecule has 4 aliphatic rings. The van der Waals surface area contributed by atoms with Crippen LogP contribution in [0.3, 0.4) is 0 Å². The van der Waals surface area contributed by atoms with Crippen molar-refractivity contribution in [1.29, 1.82) is 0 Å². The Labute approximate surface area is 434 Å². The van der Waals surface area contributed by atoms with Crippen molar-refractivity contribution in [3.05, 3.63) is 173 Å². The fourth-order valence-electron chi connectivity index (χ4n) is 10.3. The van der Waals surface area contributed by atoms with Gasteiger partial charge >= 0.3 is 0 Å². The van der Waals surface area contributed by atoms with Crippen LogP contribution in [0.2, 0.25) is 10.0 Å². The molecule has 4 aromatic heterocycles. The molecule has 0 radical (unpaired) electrons. The maximum Gasteiger partial charge on any atom is 0.238 e. The molecule has 2 aliphatic carbocycles. The van der Waals surface area contributed by atoms with Crippen LogP contribution in [0.25, 0.3) is 0 Å². The second-order valence-electron chi connectivity index (χ2n) is 18.2. The smallest absolute Gasteiger partial charge is 0.238 e. The lowest BCUT2D eigenvalue weighted by Gasteiger charge is -2.38. The molecule has 2 aliphatic heterocycles. The number of fused-ring (bicyclic) bond motifs is 4. The van der Waals surface area contributed by atoms with Gasteiger partial charge in [-0.2, -0.15) is 9.46 Å². The first-order valence-corrected chi connectivity index (χ1v) is 26.1. The van der Waals surface area contributed by atoms with Crippen molar-refractivity contribution in [3.8, 4) is 0 Å². The molecule has 6 aromatic rings. The molecule has 368 valence electrons. The number of carbonyl (C=O) groups is 2. The number of nitrogens with one attached hydrogen (secondary N) is 4. The van der Waals surface area contributed by atoms with E-state index in [2.05, 4.69) is 72.9 Å². The van der Waals surface area contributed by atoms with Crippen LogP contribution in [0.4, 0.5) is 0 Å². The summed E-state index contributed by atoms with van der Waals surface area (Å²) in [6.45, 7) is 6.61. The molecule has 2 fully saturated rings. The lowest BCUT2D eigenvalue weighted by Crippen LogP contribution is -2.58. The summed E-state index contributed by atoms with van der Waals surface area (Å²) in [4.78, 5) is 38.6. The average molecular weight is 1120 g/mol. The molecule has 4 atom stereocenters. The molecular formula is C50H56Br2Cl2N12O4. The van der Waals surface area contributed by atoms with Crippen molar-refractivity contribution in [2.75, 3.05) is 52.4 Å². The molecule has 0 spiro atoms. The summed E-state index contributed by atoms with van der Waals surface area (Å²) in [5.74, 6) is -0.0346. The summed E-state index contributed by atoms with van der Waals surface area (Å²) in [5, 5.41) is 40.6. The van der Waals surface area contributed by atoms with Gasteiger partial charge in [0.25, 0.3) is 0 Å². The molecule has 20 heteroatoms. The third-order valence-corrected chi connectivity index (χ3v) is 14.9. The highest BCUT2D eigenvalue weighted by molar-refractivity contribution is 9.10. The molecule has 70 heavy (non-hydrogen) atoms. The minimum Gasteiger partial charge on any atom is -0.618 e. The Morgan fingerprint density at radius 1 is 0.657 bits per heavy atom. The Kier molecular flexibility index (Phi) is 16.5. The number of halogens is 4. The number of rotatable bonds is 12. The van der Waals surface area contributed by atoms with E-state index in [1.54, 1.807) is 37.4 Å². The number of nitrogens with zero attached hydrogens (tertiary/aromatic N) is 8. The normalized spacial score (nSPS) is 20.1. The van der Waals surface area contributed by atoms with Gasteiger partial charge in [-0.3, -0.25) is 19.4 Å². The summed E-state index contributed by atoms with van der Waals surface area (Å²) >= 11 is 19.6. The van der Waals surface area contributed by atoms with Crippen LogP contribution in [-0.4, -0.2) is 105 Å². The van der Waals surface area contributed by atoms with Gasteiger partial charge in [0.05, 0.1) is 33.7 Å². The first-order valence-electron chi connectivity index (χ1n) is 23.8. The predicted molar refractivity (Wildman–Crippen MR) is 274 cm³/mol. The van der Waals surface area contributed by atoms with E-state index < -0.39 is 0 Å². The molecule has 2 saturated heterocycles. The van der Waals surface area contributed by atoms with E-state index >= 15 is 0 Å². The van der Waals surface area contributed by atoms with Gasteiger partial charge in [0.1, 0.15) is 12.1 Å². The van der Waals surface area contributed by atoms with Crippen LogP contribution in [-0.2, 0) is 48.4 Å². The van der Waals surface area contributed by atoms with Gasteiger partial charge in [0.15, 0.2) is 12.4 Å². The van der Waals surface area contributed by atoms with Gasteiger partial charge in [-0.25, -0.2) is 9.97 Å². The van der Waals surface area contributed by atoms with Gasteiger partial charge in [-0.15, -0.1) is 0 Å². The Morgan fingerprint density at radius 2 is 1.09 bits per heavy atom. The van der Waals surface area contributed by atoms with E-state index in [1.165, 1.54) is 0 Å². The summed E-state index contributed by atoms with van der Waals surface area (Å²) in [6, 6.07) is 14.7. The van der Waals surface area contributed by atoms with Gasteiger partial charge in [-0.05, 0) is 129 Å². The second-order valence-corrected chi connectivity index (χ2v) is 20.9. The lowest BCUT2D eigenvalue weighted by atomic mass is 9.95. The molecule has 16 nitrogen and oxygen atoms in total. The highest BCUT2D eigenvalue weighted by atomic mass is 79.9. The summed E-state index contributed by atoms with van der Waals surface area (Å²) in [5.41, 5.74) is 7.97. The van der Waals surface area contributed by atoms with Crippen LogP contribution < -0.4 is 30.7 Å². The summed E-state index contributed by atoms with van der Waals surface area (Å²) in [7, 11) is 0. The van der Waals surface area contributed by atoms with Crippen molar-refractivity contribution in [2.45, 2.75) is 75.8 Å². The van der Waals surface area contributed by atoms with E-state index in [0.29, 0.717) is 49.3 Å². The van der Waals surface area contributed by atoms with Crippen LogP contribution in [0.5, 0.6) is 0 Å². The van der Waals surface area contributed by atoms with Crippen molar-refractivity contribution >= 4 is 66.9 Å². The van der Waals surface area contributed by atoms with Crippen molar-refractivity contribution in [3.63, 3.8) is 0 Å². The predicted octanol–water partition coefficient (Wildman–Crippen LogP) is 5.20. The number of amides is 2. The number of hydrogen-bond donors (Lipinski definition) is 4. The standard InChI is InChI=1S/2C25H28BrClN6O2/c2*26-19-12-18-3-2-17-13-20(27)4-5-21(17)24(23(18)33(35)14-19)32-11-8-29-22(15-32)25(34)30-6-1-9-31-10-7-28-16-31/h2*4-5,7,10,12-14,16,22,24,29H,1-3,6,8-9,11,15H2,(H,30,34)/t22?,24-;/m1./s1. The minimum absolute atomic E-state index is 0.0173. The third kappa shape index (κ3) is 11.9. The zero-order chi connectivity index (χ0) is 48.7. The Hall–Kier alpha value is -4.92. The van der Waals surface area contributed by atoms with Crippen LogP contribution in [0.1, 0.15) is 69.7 Å². The first-order chi connectivity index (χ1) is 34.0. The van der Waals surface area contributed by atoms with Crippen molar-refractivity contribution in [2.24, 2.45) is 0 Å². The molecule has 0 bridgehead atoms. The molecule has 4 N–H and O–H groups in total. The summed E-state index contributed by atoms with van der Waals surface area (Å²) in [6.07, 6.45) is 18.8. The van der Waals surface area contributed by atoms with Gasteiger partial charge in [0.2, 0.25) is 23.2 Å². The second kappa shape index (κ2) is 23.1. The number of piperazine rings is 2. The minimum atomic E-state index is -0.352. The number of pyridine rings is 2. The fraction of sp³-hybridized carbons (Fsp3) is 0.400. The Bertz CT molecular complexity index is 2600. The number of aryl methyl sites for hydroxylation is 6. The van der Waals surface area contributed by atoms with Crippen LogP contribution >= 0.6 is 55.1 Å². The van der Waals surface area contributed by atoms with Gasteiger partial charge in [0, 0.05) is 111 Å². The number of benzene rings is 2. The van der Waals surface area contributed by atoms with E-state index in [-0.39, 0.29) is 36.0 Å². The highest BCUT2D eigenvalue weighted by Gasteiger charge is 2.40. The van der Waals surface area contributed by atoms with Crippen molar-refractivity contribution in [1.82, 2.24) is 50.2 Å². The molecule has 3 unspecified atom stereocenters. The lowest BCUT2D eigenvalue weighted by molar-refractivity contribution is -0.617. The molecule has 6 heterocycles. The quantitative estimate of drug-likeness (QED) is 0.0724. The average Bonchev–Trinajstić information content (AvgIpc) is 4.03. The van der Waals surface area contributed by atoms with Crippen molar-refractivity contribution < 1.29 is 19.0 Å². The molecule has 0 saturated carbocycles. The molecular weight excluding hydrogens is 1060 g/mol.